The Morgan fingerprint density at radius 3 is 2.70 bits per heavy atom. The molecule has 3 aliphatic rings. The SMILES string of the molecule is O=P(O)(O)CCCC[C@H]1O[C@@H](n2cnc3c(N4CC5(CCc6ccccc65)C4)nc(Cl)nc32)C(O)C1O. The van der Waals surface area contributed by atoms with Gasteiger partial charge in [0, 0.05) is 24.7 Å². The molecule has 2 aliphatic heterocycles. The van der Waals surface area contributed by atoms with Crippen molar-refractivity contribution in [1.82, 2.24) is 19.5 Å². The van der Waals surface area contributed by atoms with Gasteiger partial charge < -0.3 is 29.6 Å². The van der Waals surface area contributed by atoms with E-state index in [1.807, 2.05) is 0 Å². The highest BCUT2D eigenvalue weighted by Crippen LogP contribution is 2.47. The van der Waals surface area contributed by atoms with Gasteiger partial charge in [-0.1, -0.05) is 30.7 Å². The Labute approximate surface area is 218 Å². The molecule has 0 bridgehead atoms. The third-order valence-corrected chi connectivity index (χ3v) is 8.99. The van der Waals surface area contributed by atoms with Crippen LogP contribution in [0.4, 0.5) is 5.82 Å². The second-order valence-corrected chi connectivity index (χ2v) is 12.5. The maximum Gasteiger partial charge on any atom is 0.325 e. The fourth-order valence-corrected chi connectivity index (χ4v) is 6.87. The summed E-state index contributed by atoms with van der Waals surface area (Å²) >= 11 is 6.33. The van der Waals surface area contributed by atoms with Gasteiger partial charge in [-0.15, -0.1) is 0 Å². The zero-order valence-electron chi connectivity index (χ0n) is 20.0. The summed E-state index contributed by atoms with van der Waals surface area (Å²) in [4.78, 5) is 33.6. The maximum atomic E-state index is 11.1. The van der Waals surface area contributed by atoms with Gasteiger partial charge in [0.25, 0.3) is 0 Å². The highest BCUT2D eigenvalue weighted by molar-refractivity contribution is 7.51. The van der Waals surface area contributed by atoms with Gasteiger partial charge >= 0.3 is 7.60 Å². The minimum absolute atomic E-state index is 0.0547. The molecule has 0 saturated carbocycles. The van der Waals surface area contributed by atoms with Crippen LogP contribution in [0.5, 0.6) is 0 Å². The van der Waals surface area contributed by atoms with Crippen LogP contribution in [0.25, 0.3) is 11.2 Å². The second-order valence-electron chi connectivity index (χ2n) is 10.4. The first-order valence-corrected chi connectivity index (χ1v) is 14.6. The zero-order valence-corrected chi connectivity index (χ0v) is 21.7. The molecule has 4 atom stereocenters. The van der Waals surface area contributed by atoms with E-state index in [1.165, 1.54) is 17.5 Å². The summed E-state index contributed by atoms with van der Waals surface area (Å²) in [6.45, 7) is 1.61. The van der Waals surface area contributed by atoms with Gasteiger partial charge in [-0.3, -0.25) is 9.13 Å². The third kappa shape index (κ3) is 4.46. The Bertz CT molecular complexity index is 1370. The predicted octanol–water partition coefficient (Wildman–Crippen LogP) is 2.15. The molecule has 2 aromatic heterocycles. The van der Waals surface area contributed by atoms with Gasteiger partial charge in [0.2, 0.25) is 5.28 Å². The van der Waals surface area contributed by atoms with Crippen molar-refractivity contribution >= 4 is 36.2 Å². The number of ether oxygens (including phenoxy) is 1. The Morgan fingerprint density at radius 2 is 1.92 bits per heavy atom. The number of aryl methyl sites for hydroxylation is 1. The summed E-state index contributed by atoms with van der Waals surface area (Å²) in [5.41, 5.74) is 3.85. The van der Waals surface area contributed by atoms with E-state index in [9.17, 15) is 14.8 Å². The molecule has 2 fully saturated rings. The number of fused-ring (bicyclic) bond motifs is 3. The van der Waals surface area contributed by atoms with E-state index in [4.69, 9.17) is 26.1 Å². The Morgan fingerprint density at radius 1 is 1.14 bits per heavy atom. The Hall–Kier alpha value is -2.11. The van der Waals surface area contributed by atoms with Crippen molar-refractivity contribution in [3.63, 3.8) is 0 Å². The fraction of sp³-hybridized carbons (Fsp3) is 0.542. The van der Waals surface area contributed by atoms with Crippen LogP contribution in [-0.4, -0.2) is 77.1 Å². The molecule has 4 heterocycles. The lowest BCUT2D eigenvalue weighted by Gasteiger charge is -2.49. The van der Waals surface area contributed by atoms with Crippen LogP contribution in [0, 0.1) is 0 Å². The Balaban J connectivity index is 1.21. The number of anilines is 1. The number of nitrogens with zero attached hydrogens (tertiary/aromatic N) is 5. The summed E-state index contributed by atoms with van der Waals surface area (Å²) in [5, 5.41) is 21.4. The predicted molar refractivity (Wildman–Crippen MR) is 136 cm³/mol. The number of aliphatic hydroxyl groups excluding tert-OH is 2. The van der Waals surface area contributed by atoms with Crippen LogP contribution >= 0.6 is 19.2 Å². The maximum absolute atomic E-state index is 11.1. The van der Waals surface area contributed by atoms with E-state index < -0.39 is 32.1 Å². The normalized spacial score (nSPS) is 26.7. The van der Waals surface area contributed by atoms with E-state index in [0.29, 0.717) is 36.2 Å². The molecule has 4 N–H and O–H groups in total. The molecule has 198 valence electrons. The van der Waals surface area contributed by atoms with Crippen molar-refractivity contribution in [3.8, 4) is 0 Å². The first-order chi connectivity index (χ1) is 17.7. The monoisotopic (exact) mass is 549 g/mol. The van der Waals surface area contributed by atoms with Gasteiger partial charge in [0.05, 0.1) is 12.4 Å². The lowest BCUT2D eigenvalue weighted by Crippen LogP contribution is -2.58. The second kappa shape index (κ2) is 9.27. The summed E-state index contributed by atoms with van der Waals surface area (Å²) in [5.74, 6) is 0.630. The summed E-state index contributed by atoms with van der Waals surface area (Å²) in [7, 11) is -4.07. The lowest BCUT2D eigenvalue weighted by molar-refractivity contribution is -0.0373. The molecular formula is C24H29ClN5O6P. The van der Waals surface area contributed by atoms with E-state index in [2.05, 4.69) is 44.1 Å². The van der Waals surface area contributed by atoms with Crippen molar-refractivity contribution in [2.24, 2.45) is 0 Å². The van der Waals surface area contributed by atoms with Crippen molar-refractivity contribution in [2.75, 3.05) is 24.2 Å². The standard InChI is InChI=1S/C24H29ClN5O6P/c25-23-27-20(29-11-24(12-29)9-8-14-5-1-2-6-15(14)24)17-21(28-23)30(13-26-17)22-19(32)18(31)16(36-22)7-3-4-10-37(33,34)35/h1-2,5-6,13,16,18-19,22,31-32H,3-4,7-12H2,(H2,33,34,35)/t16-,18?,19?,22-/m1/s1. The van der Waals surface area contributed by atoms with Gasteiger partial charge in [-0.25, -0.2) is 4.98 Å². The minimum Gasteiger partial charge on any atom is -0.388 e. The van der Waals surface area contributed by atoms with E-state index in [-0.39, 0.29) is 16.9 Å². The van der Waals surface area contributed by atoms with E-state index >= 15 is 0 Å². The van der Waals surface area contributed by atoms with Crippen molar-refractivity contribution in [1.29, 1.82) is 0 Å². The Kier molecular flexibility index (Phi) is 6.31. The smallest absolute Gasteiger partial charge is 0.325 e. The molecule has 1 spiro atoms. The number of hydrogen-bond donors (Lipinski definition) is 4. The average Bonchev–Trinajstić information content (AvgIpc) is 3.50. The highest BCUT2D eigenvalue weighted by atomic mass is 35.5. The highest BCUT2D eigenvalue weighted by Gasteiger charge is 2.49. The number of unbranched alkanes of at least 4 members (excludes halogenated alkanes) is 1. The molecule has 6 rings (SSSR count). The molecule has 2 unspecified atom stereocenters. The molecule has 1 aliphatic carbocycles. The minimum atomic E-state index is -4.07. The fourth-order valence-electron chi connectivity index (χ4n) is 6.07. The number of hydrogen-bond acceptors (Lipinski definition) is 8. The number of imidazole rings is 1. The molecule has 11 nitrogen and oxygen atoms in total. The van der Waals surface area contributed by atoms with E-state index in [0.717, 1.165) is 25.9 Å². The largest absolute Gasteiger partial charge is 0.388 e. The third-order valence-electron chi connectivity index (χ3n) is 7.92. The van der Waals surface area contributed by atoms with Gasteiger partial charge in [-0.2, -0.15) is 9.97 Å². The molecule has 13 heteroatoms. The summed E-state index contributed by atoms with van der Waals surface area (Å²) < 4.78 is 18.6. The van der Waals surface area contributed by atoms with Crippen LogP contribution in [0.15, 0.2) is 30.6 Å². The quantitative estimate of drug-likeness (QED) is 0.196. The zero-order chi connectivity index (χ0) is 25.9. The molecule has 2 saturated heterocycles. The molecule has 37 heavy (non-hydrogen) atoms. The first kappa shape index (κ1) is 25.2. The summed E-state index contributed by atoms with van der Waals surface area (Å²) in [6, 6.07) is 8.57. The van der Waals surface area contributed by atoms with Crippen LogP contribution in [0.2, 0.25) is 5.28 Å². The number of rotatable bonds is 7. The van der Waals surface area contributed by atoms with Crippen LogP contribution in [0.3, 0.4) is 0 Å². The molecule has 1 aromatic carbocycles. The number of aliphatic hydroxyl groups is 2. The lowest BCUT2D eigenvalue weighted by atomic mass is 9.75. The molecule has 0 amide bonds. The first-order valence-electron chi connectivity index (χ1n) is 12.4. The van der Waals surface area contributed by atoms with E-state index in [1.54, 1.807) is 4.57 Å². The van der Waals surface area contributed by atoms with Crippen LogP contribution in [-0.2, 0) is 21.1 Å². The van der Waals surface area contributed by atoms with Crippen molar-refractivity contribution in [3.05, 3.63) is 47.0 Å². The number of halogens is 1. The van der Waals surface area contributed by atoms with Crippen molar-refractivity contribution in [2.45, 2.75) is 62.1 Å². The average molecular weight is 550 g/mol. The van der Waals surface area contributed by atoms with Crippen LogP contribution < -0.4 is 4.90 Å². The topological polar surface area (TPSA) is 154 Å². The van der Waals surface area contributed by atoms with Gasteiger partial charge in [0.15, 0.2) is 23.2 Å². The number of benzene rings is 1. The summed E-state index contributed by atoms with van der Waals surface area (Å²) in [6.07, 6.45) is 0.502. The van der Waals surface area contributed by atoms with Gasteiger partial charge in [-0.05, 0) is 48.4 Å². The molecule has 0 radical (unpaired) electrons. The molecular weight excluding hydrogens is 521 g/mol. The number of aromatic nitrogens is 4. The van der Waals surface area contributed by atoms with Gasteiger partial charge in [0.1, 0.15) is 12.2 Å². The molecule has 3 aromatic rings. The van der Waals surface area contributed by atoms with Crippen LogP contribution in [0.1, 0.15) is 43.0 Å². The van der Waals surface area contributed by atoms with Crippen molar-refractivity contribution < 1.29 is 29.3 Å².